The zero-order valence-corrected chi connectivity index (χ0v) is 23.7. The molecule has 0 atom stereocenters. The molecule has 7 aromatic carbocycles. The van der Waals surface area contributed by atoms with Gasteiger partial charge in [0.05, 0.1) is 20.6 Å². The van der Waals surface area contributed by atoms with Crippen LogP contribution in [0.5, 0.6) is 0 Å². The molecule has 0 N–H and O–H groups in total. The minimum absolute atomic E-state index is 0.0230. The zero-order chi connectivity index (χ0) is 35.6. The summed E-state index contributed by atoms with van der Waals surface area (Å²) in [5, 5.41) is 4.12. The lowest BCUT2D eigenvalue weighted by molar-refractivity contribution is 0.669. The summed E-state index contributed by atoms with van der Waals surface area (Å²) in [5.74, 6) is 0. The molecule has 0 aliphatic carbocycles. The lowest BCUT2D eigenvalue weighted by Crippen LogP contribution is -1.96. The predicted octanol–water partition coefficient (Wildman–Crippen LogP) is 11.9. The number of para-hydroxylation sites is 3. The van der Waals surface area contributed by atoms with Crippen molar-refractivity contribution in [2.24, 2.45) is 0 Å². The molecule has 0 saturated heterocycles. The average Bonchev–Trinajstić information content (AvgIpc) is 3.86. The lowest BCUT2D eigenvalue weighted by Gasteiger charge is -2.14. The molecule has 3 nitrogen and oxygen atoms in total. The quantitative estimate of drug-likeness (QED) is 0.207. The van der Waals surface area contributed by atoms with Crippen molar-refractivity contribution in [1.29, 1.82) is 0 Å². The molecule has 10 aromatic rings. The highest BCUT2D eigenvalue weighted by atomic mass is 16.3. The second-order valence-electron chi connectivity index (χ2n) is 11.2. The molecule has 0 bridgehead atoms. The van der Waals surface area contributed by atoms with E-state index in [1.54, 1.807) is 0 Å². The molecule has 0 saturated carbocycles. The van der Waals surface area contributed by atoms with Crippen LogP contribution < -0.4 is 0 Å². The van der Waals surface area contributed by atoms with Crippen LogP contribution >= 0.6 is 0 Å². The summed E-state index contributed by atoms with van der Waals surface area (Å²) in [5.41, 5.74) is 6.20. The van der Waals surface area contributed by atoms with Gasteiger partial charge in [-0.2, -0.15) is 0 Å². The highest BCUT2D eigenvalue weighted by molar-refractivity contribution is 6.21. The van der Waals surface area contributed by atoms with Gasteiger partial charge in [-0.1, -0.05) is 97.0 Å². The van der Waals surface area contributed by atoms with Gasteiger partial charge in [0.2, 0.25) is 0 Å². The predicted molar refractivity (Wildman–Crippen MR) is 186 cm³/mol. The Morgan fingerprint density at radius 3 is 2.11 bits per heavy atom. The molecule has 3 heterocycles. The van der Waals surface area contributed by atoms with Gasteiger partial charge < -0.3 is 13.4 Å². The first-order chi connectivity index (χ1) is 25.2. The Morgan fingerprint density at radius 2 is 1.20 bits per heavy atom. The van der Waals surface area contributed by atoms with E-state index in [0.29, 0.717) is 5.56 Å². The first kappa shape index (κ1) is 18.6. The van der Waals surface area contributed by atoms with Crippen LogP contribution in [0.15, 0.2) is 160 Å². The normalized spacial score (nSPS) is 14.2. The number of benzene rings is 7. The largest absolute Gasteiger partial charge is 0.456 e. The number of nitrogens with zero attached hydrogens (tertiary/aromatic N) is 1. The molecule has 0 aliphatic heterocycles. The number of hydrogen-bond donors (Lipinski definition) is 0. The zero-order valence-electron chi connectivity index (χ0n) is 30.7. The van der Waals surface area contributed by atoms with Gasteiger partial charge in [-0.15, -0.1) is 0 Å². The van der Waals surface area contributed by atoms with E-state index in [4.69, 9.17) is 15.7 Å². The number of rotatable bonds is 3. The molecule has 10 rings (SSSR count). The van der Waals surface area contributed by atoms with Crippen molar-refractivity contribution in [3.8, 4) is 27.9 Å². The van der Waals surface area contributed by atoms with Gasteiger partial charge in [0.1, 0.15) is 16.7 Å². The third-order valence-electron chi connectivity index (χ3n) is 8.64. The van der Waals surface area contributed by atoms with Gasteiger partial charge in [0.15, 0.2) is 5.58 Å². The maximum absolute atomic E-state index is 9.52. The first-order valence-electron chi connectivity index (χ1n) is 18.2. The van der Waals surface area contributed by atoms with Crippen molar-refractivity contribution in [3.05, 3.63) is 151 Å². The van der Waals surface area contributed by atoms with E-state index in [9.17, 15) is 2.74 Å². The Balaban J connectivity index is 1.35. The van der Waals surface area contributed by atoms with Crippen LogP contribution in [0.4, 0.5) is 0 Å². The smallest absolute Gasteiger partial charge is 0.160 e. The minimum Gasteiger partial charge on any atom is -0.456 e. The lowest BCUT2D eigenvalue weighted by atomic mass is 9.97. The molecule has 3 heteroatoms. The number of fused-ring (bicyclic) bond motifs is 10. The highest BCUT2D eigenvalue weighted by Crippen LogP contribution is 2.42. The van der Waals surface area contributed by atoms with Crippen LogP contribution in [0, 0.1) is 0 Å². The van der Waals surface area contributed by atoms with Gasteiger partial charge in [0.25, 0.3) is 0 Å². The topological polar surface area (TPSA) is 31.2 Å². The summed E-state index contributed by atoms with van der Waals surface area (Å²) < 4.78 is 76.0. The van der Waals surface area contributed by atoms with E-state index >= 15 is 0 Å². The summed E-state index contributed by atoms with van der Waals surface area (Å²) in [4.78, 5) is 0. The van der Waals surface area contributed by atoms with Crippen molar-refractivity contribution in [2.75, 3.05) is 0 Å². The molecular weight excluding hydrogens is 550 g/mol. The van der Waals surface area contributed by atoms with Gasteiger partial charge in [-0.05, 0) is 76.8 Å². The van der Waals surface area contributed by atoms with Crippen molar-refractivity contribution >= 4 is 65.7 Å². The van der Waals surface area contributed by atoms with E-state index in [1.165, 1.54) is 0 Å². The third kappa shape index (κ3) is 3.58. The minimum atomic E-state index is -0.467. The van der Waals surface area contributed by atoms with Gasteiger partial charge in [-0.3, -0.25) is 0 Å². The van der Waals surface area contributed by atoms with Crippen LogP contribution in [-0.2, 0) is 0 Å². The second-order valence-corrected chi connectivity index (χ2v) is 11.2. The first-order valence-corrected chi connectivity index (χ1v) is 14.7. The standard InChI is InChI=1S/C42H25NO2/c1-2-10-26(11-3-1)28-22-29(27-18-21-40-36(25-27)33-14-6-8-16-38(33)44-40)24-30(23-28)43-37-15-7-4-12-31(37)34-19-20-35-32-13-5-9-17-39(32)45-42(35)41(34)43/h1-25H/i6D,8D,14D,16D,18D,21D,25D. The van der Waals surface area contributed by atoms with Crippen molar-refractivity contribution in [1.82, 2.24) is 4.57 Å². The molecule has 0 spiro atoms. The van der Waals surface area contributed by atoms with Gasteiger partial charge in [0, 0.05) is 38.0 Å². The van der Waals surface area contributed by atoms with E-state index in [1.807, 2.05) is 78.9 Å². The van der Waals surface area contributed by atoms with E-state index < -0.39 is 18.1 Å². The molecular formula is C42H25NO2. The fraction of sp³-hybridized carbons (Fsp3) is 0. The highest BCUT2D eigenvalue weighted by Gasteiger charge is 2.20. The van der Waals surface area contributed by atoms with Crippen molar-refractivity contribution < 1.29 is 18.4 Å². The maximum Gasteiger partial charge on any atom is 0.160 e. The van der Waals surface area contributed by atoms with Crippen LogP contribution in [0.2, 0.25) is 0 Å². The average molecular weight is 583 g/mol. The molecule has 0 fully saturated rings. The molecule has 0 radical (unpaired) electrons. The van der Waals surface area contributed by atoms with Crippen LogP contribution in [0.3, 0.4) is 0 Å². The van der Waals surface area contributed by atoms with E-state index in [-0.39, 0.29) is 51.7 Å². The molecule has 45 heavy (non-hydrogen) atoms. The molecule has 0 aliphatic rings. The fourth-order valence-electron chi connectivity index (χ4n) is 6.63. The SMILES string of the molecule is [2H]c1c([2H])c([2H])c2c(oc3c([2H])c([2H])c(-c4cc(-c5ccccc5)cc(-n5c6ccccc6c6ccc7c8ccccc8oc7c65)c4)c([2H])c32)c1[2H]. The molecule has 0 unspecified atom stereocenters. The number of furan rings is 2. The van der Waals surface area contributed by atoms with E-state index in [2.05, 4.69) is 34.9 Å². The van der Waals surface area contributed by atoms with Crippen LogP contribution in [0.1, 0.15) is 9.60 Å². The molecule has 3 aromatic heterocycles. The van der Waals surface area contributed by atoms with Gasteiger partial charge in [-0.25, -0.2) is 0 Å². The van der Waals surface area contributed by atoms with Crippen LogP contribution in [0.25, 0.3) is 93.6 Å². The summed E-state index contributed by atoms with van der Waals surface area (Å²) in [6.07, 6.45) is 0. The van der Waals surface area contributed by atoms with Crippen molar-refractivity contribution in [2.45, 2.75) is 0 Å². The van der Waals surface area contributed by atoms with Gasteiger partial charge >= 0.3 is 0 Å². The number of aromatic nitrogens is 1. The molecule has 210 valence electrons. The second kappa shape index (κ2) is 9.22. The number of hydrogen-bond acceptors (Lipinski definition) is 2. The monoisotopic (exact) mass is 582 g/mol. The Bertz CT molecular complexity index is 3160. The Kier molecular flexibility index (Phi) is 3.80. The Labute approximate surface area is 268 Å². The summed E-state index contributed by atoms with van der Waals surface area (Å²) >= 11 is 0. The Hall–Kier alpha value is -6.06. The van der Waals surface area contributed by atoms with Crippen molar-refractivity contribution in [3.63, 3.8) is 0 Å². The summed E-state index contributed by atoms with van der Waals surface area (Å²) in [6, 6.07) is 33.7. The third-order valence-corrected chi connectivity index (χ3v) is 8.64. The fourth-order valence-corrected chi connectivity index (χ4v) is 6.63. The summed E-state index contributed by atoms with van der Waals surface area (Å²) in [7, 11) is 0. The van der Waals surface area contributed by atoms with Crippen LogP contribution in [-0.4, -0.2) is 4.57 Å². The maximum atomic E-state index is 9.52. The van der Waals surface area contributed by atoms with E-state index in [0.717, 1.165) is 60.6 Å². The summed E-state index contributed by atoms with van der Waals surface area (Å²) in [6.45, 7) is 0. The molecule has 0 amide bonds. The Morgan fingerprint density at radius 1 is 0.467 bits per heavy atom.